The number of likely N-dealkylation sites (N-methyl/N-ethyl adjacent to an activating group) is 1. The molecule has 0 radical (unpaired) electrons. The van der Waals surface area contributed by atoms with Gasteiger partial charge in [-0.3, -0.25) is 4.79 Å². The van der Waals surface area contributed by atoms with Gasteiger partial charge in [0.1, 0.15) is 0 Å². The van der Waals surface area contributed by atoms with Crippen LogP contribution < -0.4 is 11.1 Å². The summed E-state index contributed by atoms with van der Waals surface area (Å²) < 4.78 is 5.06. The van der Waals surface area contributed by atoms with E-state index in [1.54, 1.807) is 13.2 Å². The average molecular weight is 279 g/mol. The van der Waals surface area contributed by atoms with Crippen LogP contribution in [-0.4, -0.2) is 44.2 Å². The number of para-hydroxylation sites is 2. The van der Waals surface area contributed by atoms with Crippen LogP contribution in [-0.2, 0) is 9.53 Å². The zero-order chi connectivity index (χ0) is 14.8. The first-order chi connectivity index (χ1) is 9.67. The molecule has 0 saturated carbocycles. The van der Waals surface area contributed by atoms with E-state index in [4.69, 9.17) is 10.5 Å². The van der Waals surface area contributed by atoms with E-state index in [9.17, 15) is 4.79 Å². The Balaban J connectivity index is 2.28. The molecule has 0 spiro atoms. The molecule has 3 N–H and O–H groups in total. The van der Waals surface area contributed by atoms with E-state index in [2.05, 4.69) is 17.1 Å². The number of anilines is 2. The smallest absolute Gasteiger partial charge is 0.224 e. The molecular formula is C15H25N3O2. The summed E-state index contributed by atoms with van der Waals surface area (Å²) in [4.78, 5) is 14.1. The number of hydrogen-bond acceptors (Lipinski definition) is 4. The Morgan fingerprint density at radius 1 is 1.35 bits per heavy atom. The fourth-order valence-corrected chi connectivity index (χ4v) is 1.94. The third kappa shape index (κ3) is 6.04. The molecule has 1 amide bonds. The van der Waals surface area contributed by atoms with Gasteiger partial charge in [0.2, 0.25) is 5.91 Å². The zero-order valence-corrected chi connectivity index (χ0v) is 12.4. The van der Waals surface area contributed by atoms with Gasteiger partial charge in [-0.2, -0.15) is 0 Å². The summed E-state index contributed by atoms with van der Waals surface area (Å²) in [5, 5.41) is 2.84. The fourth-order valence-electron chi connectivity index (χ4n) is 1.94. The number of nitrogens with one attached hydrogen (secondary N) is 1. The number of hydrogen-bond donors (Lipinski definition) is 2. The number of methoxy groups -OCH3 is 1. The molecular weight excluding hydrogens is 254 g/mol. The second-order valence-electron chi connectivity index (χ2n) is 4.67. The van der Waals surface area contributed by atoms with Crippen molar-refractivity contribution < 1.29 is 9.53 Å². The Morgan fingerprint density at radius 3 is 2.75 bits per heavy atom. The van der Waals surface area contributed by atoms with Crippen LogP contribution in [0.5, 0.6) is 0 Å². The lowest BCUT2D eigenvalue weighted by molar-refractivity contribution is -0.116. The molecule has 5 nitrogen and oxygen atoms in total. The molecule has 1 aromatic rings. The summed E-state index contributed by atoms with van der Waals surface area (Å²) in [6.45, 7) is 5.61. The number of nitrogen functional groups attached to an aromatic ring is 1. The molecule has 1 rings (SSSR count). The molecule has 0 fully saturated rings. The molecule has 0 aliphatic rings. The Bertz CT molecular complexity index is 410. The summed E-state index contributed by atoms with van der Waals surface area (Å²) in [6, 6.07) is 7.29. The van der Waals surface area contributed by atoms with Gasteiger partial charge >= 0.3 is 0 Å². The largest absolute Gasteiger partial charge is 0.397 e. The highest BCUT2D eigenvalue weighted by atomic mass is 16.5. The highest BCUT2D eigenvalue weighted by Gasteiger charge is 2.06. The second-order valence-corrected chi connectivity index (χ2v) is 4.67. The summed E-state index contributed by atoms with van der Waals surface area (Å²) in [5.74, 6) is 0.00527. The van der Waals surface area contributed by atoms with Crippen molar-refractivity contribution in [2.45, 2.75) is 19.8 Å². The molecule has 5 heteroatoms. The number of benzene rings is 1. The highest BCUT2D eigenvalue weighted by molar-refractivity contribution is 5.93. The predicted molar refractivity (Wildman–Crippen MR) is 82.7 cm³/mol. The van der Waals surface area contributed by atoms with Gasteiger partial charge in [0.05, 0.1) is 18.0 Å². The molecule has 0 bridgehead atoms. The fraction of sp³-hybridized carbons (Fsp3) is 0.533. The van der Waals surface area contributed by atoms with Crippen LogP contribution in [0.2, 0.25) is 0 Å². The quantitative estimate of drug-likeness (QED) is 0.678. The number of nitrogens with two attached hydrogens (primary N) is 1. The van der Waals surface area contributed by atoms with Crippen LogP contribution in [0.4, 0.5) is 11.4 Å². The van der Waals surface area contributed by atoms with Crippen molar-refractivity contribution in [2.75, 3.05) is 44.4 Å². The minimum atomic E-state index is 0.00527. The van der Waals surface area contributed by atoms with E-state index in [1.165, 1.54) is 0 Å². The molecule has 0 aliphatic carbocycles. The number of ether oxygens (including phenoxy) is 1. The van der Waals surface area contributed by atoms with Crippen molar-refractivity contribution in [2.24, 2.45) is 0 Å². The van der Waals surface area contributed by atoms with Gasteiger partial charge in [0, 0.05) is 20.1 Å². The summed E-state index contributed by atoms with van der Waals surface area (Å²) in [7, 11) is 1.70. The minimum absolute atomic E-state index is 0.00527. The topological polar surface area (TPSA) is 67.6 Å². The molecule has 20 heavy (non-hydrogen) atoms. The Hall–Kier alpha value is -1.59. The normalized spacial score (nSPS) is 10.8. The standard InChI is InChI=1S/C15H25N3O2/c1-3-18(11-12-20-2)10-6-9-15(19)17-14-8-5-4-7-13(14)16/h4-5,7-8H,3,6,9-12,16H2,1-2H3,(H,17,19). The minimum Gasteiger partial charge on any atom is -0.397 e. The second kappa shape index (κ2) is 9.34. The number of carbonyl (C=O) groups is 1. The van der Waals surface area contributed by atoms with Crippen LogP contribution in [0.1, 0.15) is 19.8 Å². The van der Waals surface area contributed by atoms with Crippen molar-refractivity contribution in [3.05, 3.63) is 24.3 Å². The van der Waals surface area contributed by atoms with E-state index in [1.807, 2.05) is 18.2 Å². The number of carbonyl (C=O) groups excluding carboxylic acids is 1. The van der Waals surface area contributed by atoms with Crippen molar-refractivity contribution in [3.8, 4) is 0 Å². The summed E-state index contributed by atoms with van der Waals surface area (Å²) in [6.07, 6.45) is 1.33. The molecule has 0 heterocycles. The lowest BCUT2D eigenvalue weighted by Gasteiger charge is -2.19. The number of nitrogens with zero attached hydrogens (tertiary/aromatic N) is 1. The van der Waals surface area contributed by atoms with Crippen LogP contribution in [0.3, 0.4) is 0 Å². The van der Waals surface area contributed by atoms with E-state index in [0.717, 1.165) is 32.7 Å². The van der Waals surface area contributed by atoms with Gasteiger partial charge in [0.15, 0.2) is 0 Å². The third-order valence-electron chi connectivity index (χ3n) is 3.17. The van der Waals surface area contributed by atoms with Crippen LogP contribution in [0.15, 0.2) is 24.3 Å². The van der Waals surface area contributed by atoms with Gasteiger partial charge < -0.3 is 20.7 Å². The number of amides is 1. The highest BCUT2D eigenvalue weighted by Crippen LogP contribution is 2.16. The van der Waals surface area contributed by atoms with E-state index < -0.39 is 0 Å². The zero-order valence-electron chi connectivity index (χ0n) is 12.4. The average Bonchev–Trinajstić information content (AvgIpc) is 2.45. The lowest BCUT2D eigenvalue weighted by Crippen LogP contribution is -2.29. The lowest BCUT2D eigenvalue weighted by atomic mass is 10.2. The molecule has 112 valence electrons. The Labute approximate surface area is 121 Å². The van der Waals surface area contributed by atoms with Crippen LogP contribution >= 0.6 is 0 Å². The SMILES string of the molecule is CCN(CCCC(=O)Nc1ccccc1N)CCOC. The first kappa shape index (κ1) is 16.5. The van der Waals surface area contributed by atoms with Crippen molar-refractivity contribution in [1.29, 1.82) is 0 Å². The molecule has 0 saturated heterocycles. The van der Waals surface area contributed by atoms with Crippen molar-refractivity contribution in [1.82, 2.24) is 4.90 Å². The maximum Gasteiger partial charge on any atom is 0.224 e. The Kier molecular flexibility index (Phi) is 7.69. The van der Waals surface area contributed by atoms with Gasteiger partial charge in [-0.1, -0.05) is 19.1 Å². The van der Waals surface area contributed by atoms with Crippen molar-refractivity contribution >= 4 is 17.3 Å². The summed E-state index contributed by atoms with van der Waals surface area (Å²) >= 11 is 0. The first-order valence-electron chi connectivity index (χ1n) is 7.03. The van der Waals surface area contributed by atoms with Gasteiger partial charge in [0.25, 0.3) is 0 Å². The Morgan fingerprint density at radius 2 is 2.10 bits per heavy atom. The predicted octanol–water partition coefficient (Wildman–Crippen LogP) is 1.96. The molecule has 1 aromatic carbocycles. The van der Waals surface area contributed by atoms with E-state index in [-0.39, 0.29) is 5.91 Å². The van der Waals surface area contributed by atoms with E-state index in [0.29, 0.717) is 17.8 Å². The maximum absolute atomic E-state index is 11.8. The van der Waals surface area contributed by atoms with Gasteiger partial charge in [-0.05, 0) is 31.6 Å². The molecule has 0 aliphatic heterocycles. The molecule has 0 unspecified atom stereocenters. The maximum atomic E-state index is 11.8. The van der Waals surface area contributed by atoms with Crippen LogP contribution in [0.25, 0.3) is 0 Å². The summed E-state index contributed by atoms with van der Waals surface area (Å²) in [5.41, 5.74) is 7.06. The molecule has 0 aromatic heterocycles. The van der Waals surface area contributed by atoms with Crippen LogP contribution in [0, 0.1) is 0 Å². The monoisotopic (exact) mass is 279 g/mol. The van der Waals surface area contributed by atoms with Gasteiger partial charge in [-0.25, -0.2) is 0 Å². The first-order valence-corrected chi connectivity index (χ1v) is 7.03. The third-order valence-corrected chi connectivity index (χ3v) is 3.17. The molecule has 0 atom stereocenters. The van der Waals surface area contributed by atoms with Gasteiger partial charge in [-0.15, -0.1) is 0 Å². The number of rotatable bonds is 9. The van der Waals surface area contributed by atoms with E-state index >= 15 is 0 Å². The van der Waals surface area contributed by atoms with Crippen molar-refractivity contribution in [3.63, 3.8) is 0 Å².